The fourth-order valence-electron chi connectivity index (χ4n) is 4.28. The van der Waals surface area contributed by atoms with Gasteiger partial charge in [0.2, 0.25) is 5.91 Å². The van der Waals surface area contributed by atoms with Crippen LogP contribution in [0.15, 0.2) is 0 Å². The first-order chi connectivity index (χ1) is 14.7. The Morgan fingerprint density at radius 1 is 0.875 bits per heavy atom. The van der Waals surface area contributed by atoms with E-state index < -0.39 is 29.4 Å². The number of morpholine rings is 1. The Bertz CT molecular complexity index is 754. The summed E-state index contributed by atoms with van der Waals surface area (Å²) in [4.78, 5) is 56.0. The standard InChI is InChI=1S/C22H35N3O7/c1-21(2,3)31-19(28)23-7-8-24(20(29)32-22(4,5)6)17(11-23)18(27)25-14-9-16(26)10-15(25)13-30-12-14/h14-15,17H,7-13H2,1-6H3/t14-,15?,17+/m0/s1. The van der Waals surface area contributed by atoms with Crippen molar-refractivity contribution < 1.29 is 33.4 Å². The zero-order chi connectivity index (χ0) is 23.8. The quantitative estimate of drug-likeness (QED) is 0.596. The van der Waals surface area contributed by atoms with Crippen LogP contribution in [0.25, 0.3) is 0 Å². The first kappa shape index (κ1) is 24.3. The second kappa shape index (κ2) is 8.88. The highest BCUT2D eigenvalue weighted by Crippen LogP contribution is 2.28. The van der Waals surface area contributed by atoms with Gasteiger partial charge in [-0.25, -0.2) is 9.59 Å². The number of Topliss-reactive ketones (excluding diaryl/α,β-unsaturated/α-hetero) is 1. The lowest BCUT2D eigenvalue weighted by Gasteiger charge is -2.49. The van der Waals surface area contributed by atoms with E-state index in [1.165, 1.54) is 9.80 Å². The third-order valence-electron chi connectivity index (χ3n) is 5.53. The Labute approximate surface area is 189 Å². The molecule has 3 atom stereocenters. The molecule has 0 aromatic carbocycles. The maximum absolute atomic E-state index is 13.7. The average molecular weight is 454 g/mol. The summed E-state index contributed by atoms with van der Waals surface area (Å²) in [5.74, 6) is -0.190. The van der Waals surface area contributed by atoms with Gasteiger partial charge in [-0.3, -0.25) is 14.5 Å². The molecule has 3 aliphatic heterocycles. The summed E-state index contributed by atoms with van der Waals surface area (Å²) in [5.41, 5.74) is -1.41. The summed E-state index contributed by atoms with van der Waals surface area (Å²) in [6.45, 7) is 11.5. The SMILES string of the molecule is CC(C)(C)OC(=O)N1CCN(C(=O)OC(C)(C)C)[C@@H](C(=O)N2C3COC[C@@H]2CC(=O)C3)C1. The van der Waals surface area contributed by atoms with Gasteiger partial charge in [0.15, 0.2) is 0 Å². The van der Waals surface area contributed by atoms with Crippen LogP contribution >= 0.6 is 0 Å². The van der Waals surface area contributed by atoms with Crippen molar-refractivity contribution in [2.45, 2.75) is 83.7 Å². The molecular weight excluding hydrogens is 418 g/mol. The first-order valence-corrected chi connectivity index (χ1v) is 11.1. The van der Waals surface area contributed by atoms with Crippen molar-refractivity contribution in [1.82, 2.24) is 14.7 Å². The van der Waals surface area contributed by atoms with Gasteiger partial charge in [0.05, 0.1) is 31.8 Å². The number of ether oxygens (including phenoxy) is 3. The second-order valence-electron chi connectivity index (χ2n) is 10.7. The number of amides is 3. The van der Waals surface area contributed by atoms with Crippen LogP contribution in [0.4, 0.5) is 9.59 Å². The predicted octanol–water partition coefficient (Wildman–Crippen LogP) is 1.80. The number of fused-ring (bicyclic) bond motifs is 2. The molecule has 0 radical (unpaired) electrons. The average Bonchev–Trinajstić information content (AvgIpc) is 2.63. The Morgan fingerprint density at radius 2 is 1.41 bits per heavy atom. The van der Waals surface area contributed by atoms with Crippen LogP contribution in [0.2, 0.25) is 0 Å². The molecular formula is C22H35N3O7. The molecule has 0 aromatic rings. The van der Waals surface area contributed by atoms with E-state index in [1.54, 1.807) is 46.4 Å². The van der Waals surface area contributed by atoms with Gasteiger partial charge >= 0.3 is 12.2 Å². The molecule has 3 rings (SSSR count). The monoisotopic (exact) mass is 453 g/mol. The lowest BCUT2D eigenvalue weighted by molar-refractivity contribution is -0.161. The smallest absolute Gasteiger partial charge is 0.411 e. The van der Waals surface area contributed by atoms with Crippen LogP contribution in [-0.4, -0.2) is 101 Å². The molecule has 0 aromatic heterocycles. The minimum absolute atomic E-state index is 0.00225. The van der Waals surface area contributed by atoms with Crippen LogP contribution < -0.4 is 0 Å². The molecule has 0 N–H and O–H groups in total. The largest absolute Gasteiger partial charge is 0.444 e. The molecule has 0 aliphatic carbocycles. The number of ketones is 1. The number of hydrogen-bond acceptors (Lipinski definition) is 7. The molecule has 10 nitrogen and oxygen atoms in total. The van der Waals surface area contributed by atoms with Crippen molar-refractivity contribution in [1.29, 1.82) is 0 Å². The fourth-order valence-corrected chi connectivity index (χ4v) is 4.28. The van der Waals surface area contributed by atoms with E-state index in [-0.39, 0.29) is 69.5 Å². The summed E-state index contributed by atoms with van der Waals surface area (Å²) >= 11 is 0. The van der Waals surface area contributed by atoms with Crippen molar-refractivity contribution in [3.8, 4) is 0 Å². The number of piperidine rings is 1. The van der Waals surface area contributed by atoms with Crippen molar-refractivity contribution >= 4 is 23.9 Å². The maximum Gasteiger partial charge on any atom is 0.411 e. The van der Waals surface area contributed by atoms with Gasteiger partial charge in [-0.05, 0) is 41.5 Å². The Hall–Kier alpha value is -2.36. The van der Waals surface area contributed by atoms with Gasteiger partial charge in [0.25, 0.3) is 0 Å². The second-order valence-corrected chi connectivity index (χ2v) is 10.7. The number of piperazine rings is 1. The van der Waals surface area contributed by atoms with Crippen LogP contribution in [0, 0.1) is 0 Å². The molecule has 3 heterocycles. The summed E-state index contributed by atoms with van der Waals surface area (Å²) in [5, 5.41) is 0. The van der Waals surface area contributed by atoms with Crippen molar-refractivity contribution in [3.05, 3.63) is 0 Å². The summed E-state index contributed by atoms with van der Waals surface area (Å²) < 4.78 is 16.6. The molecule has 180 valence electrons. The van der Waals surface area contributed by atoms with Crippen molar-refractivity contribution in [2.24, 2.45) is 0 Å². The van der Waals surface area contributed by atoms with Gasteiger partial charge < -0.3 is 24.0 Å². The molecule has 32 heavy (non-hydrogen) atoms. The van der Waals surface area contributed by atoms with Gasteiger partial charge in [-0.15, -0.1) is 0 Å². The number of rotatable bonds is 1. The number of carbonyl (C=O) groups is 4. The molecule has 1 unspecified atom stereocenters. The van der Waals surface area contributed by atoms with E-state index in [0.29, 0.717) is 0 Å². The third-order valence-corrected chi connectivity index (χ3v) is 5.53. The Morgan fingerprint density at radius 3 is 1.94 bits per heavy atom. The van der Waals surface area contributed by atoms with Crippen LogP contribution in [0.3, 0.4) is 0 Å². The highest BCUT2D eigenvalue weighted by atomic mass is 16.6. The lowest BCUT2D eigenvalue weighted by atomic mass is 9.92. The Balaban J connectivity index is 1.84. The lowest BCUT2D eigenvalue weighted by Crippen LogP contribution is -2.67. The molecule has 3 fully saturated rings. The van der Waals surface area contributed by atoms with E-state index in [4.69, 9.17) is 14.2 Å². The minimum atomic E-state index is -0.928. The summed E-state index contributed by atoms with van der Waals surface area (Å²) in [6, 6.07) is -1.65. The molecule has 3 aliphatic rings. The van der Waals surface area contributed by atoms with Gasteiger partial charge in [0.1, 0.15) is 23.0 Å². The third kappa shape index (κ3) is 5.70. The van der Waals surface area contributed by atoms with E-state index in [9.17, 15) is 19.2 Å². The summed E-state index contributed by atoms with van der Waals surface area (Å²) in [6.07, 6.45) is -0.667. The van der Waals surface area contributed by atoms with Gasteiger partial charge in [0, 0.05) is 25.9 Å². The Kier molecular flexibility index (Phi) is 6.74. The topological polar surface area (TPSA) is 106 Å². The number of carbonyl (C=O) groups excluding carboxylic acids is 4. The van der Waals surface area contributed by atoms with Crippen molar-refractivity contribution in [2.75, 3.05) is 32.8 Å². The number of hydrogen-bond donors (Lipinski definition) is 0. The molecule has 3 amide bonds. The molecule has 3 saturated heterocycles. The predicted molar refractivity (Wildman–Crippen MR) is 114 cm³/mol. The summed E-state index contributed by atoms with van der Waals surface area (Å²) in [7, 11) is 0. The normalized spacial score (nSPS) is 26.6. The first-order valence-electron chi connectivity index (χ1n) is 11.1. The van der Waals surface area contributed by atoms with E-state index in [0.717, 1.165) is 0 Å². The van der Waals surface area contributed by atoms with E-state index >= 15 is 0 Å². The zero-order valence-electron chi connectivity index (χ0n) is 19.9. The molecule has 0 saturated carbocycles. The van der Waals surface area contributed by atoms with E-state index in [2.05, 4.69) is 0 Å². The molecule has 10 heteroatoms. The van der Waals surface area contributed by atoms with E-state index in [1.807, 2.05) is 0 Å². The maximum atomic E-state index is 13.7. The minimum Gasteiger partial charge on any atom is -0.444 e. The highest BCUT2D eigenvalue weighted by molar-refractivity contribution is 5.90. The van der Waals surface area contributed by atoms with Crippen LogP contribution in [0.5, 0.6) is 0 Å². The highest BCUT2D eigenvalue weighted by Gasteiger charge is 2.47. The van der Waals surface area contributed by atoms with Gasteiger partial charge in [-0.2, -0.15) is 0 Å². The van der Waals surface area contributed by atoms with Crippen LogP contribution in [0.1, 0.15) is 54.4 Å². The van der Waals surface area contributed by atoms with Gasteiger partial charge in [-0.1, -0.05) is 0 Å². The molecule has 2 bridgehead atoms. The molecule has 0 spiro atoms. The fraction of sp³-hybridized carbons (Fsp3) is 0.818. The van der Waals surface area contributed by atoms with Crippen LogP contribution in [-0.2, 0) is 23.8 Å². The number of nitrogens with zero attached hydrogens (tertiary/aromatic N) is 3. The zero-order valence-corrected chi connectivity index (χ0v) is 19.9. The van der Waals surface area contributed by atoms with Crippen molar-refractivity contribution in [3.63, 3.8) is 0 Å².